The summed E-state index contributed by atoms with van der Waals surface area (Å²) in [6, 6.07) is 12.2. The Morgan fingerprint density at radius 1 is 1.04 bits per heavy atom. The van der Waals surface area contributed by atoms with E-state index in [4.69, 9.17) is 0 Å². The third kappa shape index (κ3) is 6.25. The molecule has 2 N–H and O–H groups in total. The SMILES string of the molecule is CC(C)NC(=O)Cc1ccc(NC(=O)CCn2ccccc2=O)cc1. The first-order valence-electron chi connectivity index (χ1n) is 8.27. The van der Waals surface area contributed by atoms with E-state index >= 15 is 0 Å². The molecule has 0 saturated carbocycles. The molecule has 0 fully saturated rings. The van der Waals surface area contributed by atoms with Gasteiger partial charge in [0.15, 0.2) is 0 Å². The van der Waals surface area contributed by atoms with Crippen molar-refractivity contribution in [1.29, 1.82) is 0 Å². The average molecular weight is 341 g/mol. The maximum absolute atomic E-state index is 12.0. The number of carbonyl (C=O) groups excluding carboxylic acids is 2. The van der Waals surface area contributed by atoms with Crippen LogP contribution in [0.4, 0.5) is 5.69 Å². The molecule has 1 aromatic carbocycles. The van der Waals surface area contributed by atoms with Crippen LogP contribution in [0.5, 0.6) is 0 Å². The summed E-state index contributed by atoms with van der Waals surface area (Å²) in [7, 11) is 0. The number of aryl methyl sites for hydroxylation is 1. The molecule has 1 aromatic heterocycles. The Bertz CT molecular complexity index is 779. The predicted molar refractivity (Wildman–Crippen MR) is 97.4 cm³/mol. The van der Waals surface area contributed by atoms with Crippen LogP contribution >= 0.6 is 0 Å². The molecule has 1 heterocycles. The van der Waals surface area contributed by atoms with Crippen LogP contribution < -0.4 is 16.2 Å². The van der Waals surface area contributed by atoms with Gasteiger partial charge in [-0.25, -0.2) is 0 Å². The molecule has 6 heteroatoms. The highest BCUT2D eigenvalue weighted by Gasteiger charge is 2.06. The van der Waals surface area contributed by atoms with Gasteiger partial charge in [-0.2, -0.15) is 0 Å². The molecule has 0 aliphatic carbocycles. The van der Waals surface area contributed by atoms with Gasteiger partial charge >= 0.3 is 0 Å². The fourth-order valence-electron chi connectivity index (χ4n) is 2.36. The number of carbonyl (C=O) groups is 2. The number of nitrogens with zero attached hydrogens (tertiary/aromatic N) is 1. The van der Waals surface area contributed by atoms with Crippen molar-refractivity contribution in [1.82, 2.24) is 9.88 Å². The molecule has 0 saturated heterocycles. The molecule has 25 heavy (non-hydrogen) atoms. The van der Waals surface area contributed by atoms with Crippen LogP contribution in [-0.4, -0.2) is 22.4 Å². The highest BCUT2D eigenvalue weighted by atomic mass is 16.2. The summed E-state index contributed by atoms with van der Waals surface area (Å²) >= 11 is 0. The van der Waals surface area contributed by atoms with Crippen LogP contribution in [0, 0.1) is 0 Å². The molecule has 0 bridgehead atoms. The minimum Gasteiger partial charge on any atom is -0.354 e. The summed E-state index contributed by atoms with van der Waals surface area (Å²) in [6.45, 7) is 4.17. The van der Waals surface area contributed by atoms with Crippen molar-refractivity contribution < 1.29 is 9.59 Å². The van der Waals surface area contributed by atoms with Crippen LogP contribution in [0.15, 0.2) is 53.5 Å². The summed E-state index contributed by atoms with van der Waals surface area (Å²) in [6.07, 6.45) is 2.18. The quantitative estimate of drug-likeness (QED) is 0.808. The molecule has 0 atom stereocenters. The molecule has 0 spiro atoms. The summed E-state index contributed by atoms with van der Waals surface area (Å²) in [5, 5.41) is 5.63. The number of aromatic nitrogens is 1. The Morgan fingerprint density at radius 3 is 2.40 bits per heavy atom. The first-order chi connectivity index (χ1) is 11.9. The van der Waals surface area contributed by atoms with E-state index in [0.717, 1.165) is 5.56 Å². The molecule has 2 amide bonds. The second kappa shape index (κ2) is 8.82. The fraction of sp³-hybridized carbons (Fsp3) is 0.316. The van der Waals surface area contributed by atoms with Crippen molar-refractivity contribution in [2.24, 2.45) is 0 Å². The van der Waals surface area contributed by atoms with Gasteiger partial charge in [-0.1, -0.05) is 18.2 Å². The summed E-state index contributed by atoms with van der Waals surface area (Å²) in [5.74, 6) is -0.193. The monoisotopic (exact) mass is 341 g/mol. The van der Waals surface area contributed by atoms with E-state index in [1.165, 1.54) is 10.6 Å². The van der Waals surface area contributed by atoms with Crippen LogP contribution in [-0.2, 0) is 22.6 Å². The zero-order valence-electron chi connectivity index (χ0n) is 14.5. The van der Waals surface area contributed by atoms with Gasteiger partial charge in [0.1, 0.15) is 0 Å². The molecule has 6 nitrogen and oxygen atoms in total. The van der Waals surface area contributed by atoms with Crippen molar-refractivity contribution >= 4 is 17.5 Å². The number of amides is 2. The second-order valence-electron chi connectivity index (χ2n) is 6.13. The van der Waals surface area contributed by atoms with E-state index < -0.39 is 0 Å². The highest BCUT2D eigenvalue weighted by molar-refractivity contribution is 5.90. The van der Waals surface area contributed by atoms with Gasteiger partial charge in [-0.15, -0.1) is 0 Å². The summed E-state index contributed by atoms with van der Waals surface area (Å²) in [4.78, 5) is 35.3. The number of benzene rings is 1. The lowest BCUT2D eigenvalue weighted by Crippen LogP contribution is -2.31. The van der Waals surface area contributed by atoms with E-state index in [9.17, 15) is 14.4 Å². The van der Waals surface area contributed by atoms with Gasteiger partial charge in [0.25, 0.3) is 5.56 Å². The molecule has 0 aliphatic heterocycles. The maximum Gasteiger partial charge on any atom is 0.250 e. The largest absolute Gasteiger partial charge is 0.354 e. The molecular formula is C19H23N3O3. The highest BCUT2D eigenvalue weighted by Crippen LogP contribution is 2.10. The maximum atomic E-state index is 12.0. The van der Waals surface area contributed by atoms with Crippen LogP contribution in [0.25, 0.3) is 0 Å². The third-order valence-corrected chi connectivity index (χ3v) is 3.53. The van der Waals surface area contributed by atoms with E-state index in [1.54, 1.807) is 30.5 Å². The zero-order chi connectivity index (χ0) is 18.2. The number of anilines is 1. The number of hydrogen-bond donors (Lipinski definition) is 2. The van der Waals surface area contributed by atoms with E-state index in [1.807, 2.05) is 26.0 Å². The fourth-order valence-corrected chi connectivity index (χ4v) is 2.36. The van der Waals surface area contributed by atoms with Crippen molar-refractivity contribution in [2.45, 2.75) is 39.3 Å². The lowest BCUT2D eigenvalue weighted by molar-refractivity contribution is -0.121. The van der Waals surface area contributed by atoms with Crippen molar-refractivity contribution in [2.75, 3.05) is 5.32 Å². The van der Waals surface area contributed by atoms with Gasteiger partial charge in [0.2, 0.25) is 11.8 Å². The standard InChI is InChI=1S/C19H23N3O3/c1-14(2)20-18(24)13-15-6-8-16(9-7-15)21-17(23)10-12-22-11-4-3-5-19(22)25/h3-9,11,14H,10,12-13H2,1-2H3,(H,20,24)(H,21,23). The van der Waals surface area contributed by atoms with E-state index in [-0.39, 0.29) is 29.8 Å². The minimum absolute atomic E-state index is 0.0277. The van der Waals surface area contributed by atoms with Crippen LogP contribution in [0.2, 0.25) is 0 Å². The number of hydrogen-bond acceptors (Lipinski definition) is 3. The molecular weight excluding hydrogens is 318 g/mol. The third-order valence-electron chi connectivity index (χ3n) is 3.53. The van der Waals surface area contributed by atoms with Crippen molar-refractivity contribution in [3.8, 4) is 0 Å². The first kappa shape index (κ1) is 18.4. The molecule has 0 unspecified atom stereocenters. The molecule has 132 valence electrons. The second-order valence-corrected chi connectivity index (χ2v) is 6.13. The van der Waals surface area contributed by atoms with Gasteiger partial charge in [-0.05, 0) is 37.6 Å². The number of pyridine rings is 1. The minimum atomic E-state index is -0.166. The first-order valence-corrected chi connectivity index (χ1v) is 8.27. The predicted octanol–water partition coefficient (Wildman–Crippen LogP) is 1.94. The Kier molecular flexibility index (Phi) is 6.51. The van der Waals surface area contributed by atoms with E-state index in [0.29, 0.717) is 18.7 Å². The van der Waals surface area contributed by atoms with Crippen molar-refractivity contribution in [3.63, 3.8) is 0 Å². The molecule has 2 rings (SSSR count). The van der Waals surface area contributed by atoms with E-state index in [2.05, 4.69) is 10.6 Å². The molecule has 0 radical (unpaired) electrons. The van der Waals surface area contributed by atoms with Crippen molar-refractivity contribution in [3.05, 3.63) is 64.6 Å². The summed E-state index contributed by atoms with van der Waals surface area (Å²) in [5.41, 5.74) is 1.42. The molecule has 0 aliphatic rings. The average Bonchev–Trinajstić information content (AvgIpc) is 2.55. The van der Waals surface area contributed by atoms with Crippen LogP contribution in [0.3, 0.4) is 0 Å². The smallest absolute Gasteiger partial charge is 0.250 e. The lowest BCUT2D eigenvalue weighted by Gasteiger charge is -2.09. The number of nitrogens with one attached hydrogen (secondary N) is 2. The van der Waals surface area contributed by atoms with Crippen LogP contribution in [0.1, 0.15) is 25.8 Å². The normalized spacial score (nSPS) is 10.5. The molecule has 2 aromatic rings. The van der Waals surface area contributed by atoms with Gasteiger partial charge in [0.05, 0.1) is 6.42 Å². The summed E-state index contributed by atoms with van der Waals surface area (Å²) < 4.78 is 1.50. The lowest BCUT2D eigenvalue weighted by atomic mass is 10.1. The Morgan fingerprint density at radius 2 is 1.76 bits per heavy atom. The Labute approximate surface area is 146 Å². The zero-order valence-corrected chi connectivity index (χ0v) is 14.5. The topological polar surface area (TPSA) is 80.2 Å². The van der Waals surface area contributed by atoms with Gasteiger partial charge in [-0.3, -0.25) is 14.4 Å². The van der Waals surface area contributed by atoms with Gasteiger partial charge in [0, 0.05) is 37.0 Å². The number of rotatable bonds is 7. The van der Waals surface area contributed by atoms with Gasteiger partial charge < -0.3 is 15.2 Å². The Hall–Kier alpha value is -2.89. The Balaban J connectivity index is 1.84.